The molecule has 0 aliphatic rings. The van der Waals surface area contributed by atoms with E-state index in [1.54, 1.807) is 24.5 Å². The summed E-state index contributed by atoms with van der Waals surface area (Å²) >= 11 is 0. The molecule has 22 heavy (non-hydrogen) atoms. The molecular formula is C17H12N4O. The Morgan fingerprint density at radius 3 is 2.95 bits per heavy atom. The highest BCUT2D eigenvalue weighted by molar-refractivity contribution is 5.95. The number of hydrogen-bond acceptors (Lipinski definition) is 3. The van der Waals surface area contributed by atoms with Crippen LogP contribution in [0.15, 0.2) is 48.8 Å². The van der Waals surface area contributed by atoms with Gasteiger partial charge in [-0.3, -0.25) is 4.79 Å². The zero-order chi connectivity index (χ0) is 15.5. The number of hydrogen-bond donors (Lipinski definition) is 2. The van der Waals surface area contributed by atoms with Crippen molar-refractivity contribution in [1.82, 2.24) is 9.97 Å². The quantitative estimate of drug-likeness (QED) is 0.725. The van der Waals surface area contributed by atoms with Crippen LogP contribution < -0.4 is 5.73 Å². The summed E-state index contributed by atoms with van der Waals surface area (Å²) in [6.45, 7) is 0. The van der Waals surface area contributed by atoms with E-state index < -0.39 is 5.91 Å². The van der Waals surface area contributed by atoms with Crippen molar-refractivity contribution in [2.45, 2.75) is 0 Å². The molecule has 1 aromatic carbocycles. The lowest BCUT2D eigenvalue weighted by Gasteiger charge is -2.02. The molecular weight excluding hydrogens is 276 g/mol. The Kier molecular flexibility index (Phi) is 3.42. The Labute approximate surface area is 126 Å². The second kappa shape index (κ2) is 5.54. The molecule has 0 aliphatic heterocycles. The number of aromatic amines is 1. The van der Waals surface area contributed by atoms with E-state index in [0.717, 1.165) is 27.7 Å². The van der Waals surface area contributed by atoms with Crippen LogP contribution in [0.25, 0.3) is 28.2 Å². The standard InChI is InChI=1S/C17H12N4O/c18-8-11-2-1-3-12(6-11)14-7-15-13(4-5-16(19)22)9-20-17(15)21-10-14/h1-7,9-10H,(H2,19,22)(H,20,21)/b5-4+. The third kappa shape index (κ3) is 2.58. The number of primary amides is 1. The number of nitrogens with zero attached hydrogens (tertiary/aromatic N) is 2. The minimum atomic E-state index is -0.500. The molecule has 0 unspecified atom stereocenters. The van der Waals surface area contributed by atoms with Gasteiger partial charge in [-0.15, -0.1) is 0 Å². The maximum atomic E-state index is 10.9. The average molecular weight is 288 g/mol. The van der Waals surface area contributed by atoms with E-state index in [2.05, 4.69) is 16.0 Å². The average Bonchev–Trinajstić information content (AvgIpc) is 2.95. The van der Waals surface area contributed by atoms with Crippen molar-refractivity contribution in [1.29, 1.82) is 5.26 Å². The number of benzene rings is 1. The van der Waals surface area contributed by atoms with Gasteiger partial charge in [0.1, 0.15) is 5.65 Å². The van der Waals surface area contributed by atoms with Gasteiger partial charge in [-0.2, -0.15) is 5.26 Å². The number of pyridine rings is 1. The minimum absolute atomic E-state index is 0.500. The number of nitriles is 1. The molecule has 106 valence electrons. The van der Waals surface area contributed by atoms with Gasteiger partial charge in [0.25, 0.3) is 0 Å². The van der Waals surface area contributed by atoms with Crippen molar-refractivity contribution >= 4 is 23.0 Å². The highest BCUT2D eigenvalue weighted by atomic mass is 16.1. The van der Waals surface area contributed by atoms with Crippen LogP contribution in [0, 0.1) is 11.3 Å². The largest absolute Gasteiger partial charge is 0.366 e. The molecule has 0 saturated carbocycles. The molecule has 2 aromatic heterocycles. The lowest BCUT2D eigenvalue weighted by Crippen LogP contribution is -2.04. The number of aromatic nitrogens is 2. The van der Waals surface area contributed by atoms with Crippen molar-refractivity contribution in [3.05, 3.63) is 59.9 Å². The van der Waals surface area contributed by atoms with Crippen LogP contribution in [-0.4, -0.2) is 15.9 Å². The van der Waals surface area contributed by atoms with Crippen molar-refractivity contribution in [2.75, 3.05) is 0 Å². The first kappa shape index (κ1) is 13.6. The second-order valence-electron chi connectivity index (χ2n) is 4.79. The van der Waals surface area contributed by atoms with Gasteiger partial charge < -0.3 is 10.7 Å². The van der Waals surface area contributed by atoms with Gasteiger partial charge >= 0.3 is 0 Å². The number of nitrogens with one attached hydrogen (secondary N) is 1. The number of H-pyrrole nitrogens is 1. The summed E-state index contributed by atoms with van der Waals surface area (Å²) in [5.41, 5.74) is 9.10. The number of carbonyl (C=O) groups excluding carboxylic acids is 1. The summed E-state index contributed by atoms with van der Waals surface area (Å²) in [4.78, 5) is 18.3. The van der Waals surface area contributed by atoms with Crippen LogP contribution in [0.2, 0.25) is 0 Å². The topological polar surface area (TPSA) is 95.6 Å². The Hall–Kier alpha value is -3.39. The van der Waals surface area contributed by atoms with Crippen molar-refractivity contribution < 1.29 is 4.79 Å². The number of fused-ring (bicyclic) bond motifs is 1. The normalized spacial score (nSPS) is 10.9. The monoisotopic (exact) mass is 288 g/mol. The highest BCUT2D eigenvalue weighted by Crippen LogP contribution is 2.25. The first-order chi connectivity index (χ1) is 10.7. The Balaban J connectivity index is 2.10. The molecule has 3 rings (SSSR count). The smallest absolute Gasteiger partial charge is 0.241 e. The van der Waals surface area contributed by atoms with E-state index >= 15 is 0 Å². The molecule has 2 heterocycles. The van der Waals surface area contributed by atoms with Gasteiger partial charge in [-0.1, -0.05) is 12.1 Å². The predicted octanol–water partition coefficient (Wildman–Crippen LogP) is 2.60. The molecule has 0 radical (unpaired) electrons. The second-order valence-corrected chi connectivity index (χ2v) is 4.79. The first-order valence-corrected chi connectivity index (χ1v) is 6.62. The van der Waals surface area contributed by atoms with E-state index in [4.69, 9.17) is 11.0 Å². The van der Waals surface area contributed by atoms with E-state index in [-0.39, 0.29) is 0 Å². The molecule has 0 atom stereocenters. The van der Waals surface area contributed by atoms with E-state index in [9.17, 15) is 4.79 Å². The lowest BCUT2D eigenvalue weighted by molar-refractivity contribution is -0.113. The maximum Gasteiger partial charge on any atom is 0.241 e. The van der Waals surface area contributed by atoms with Gasteiger partial charge in [0, 0.05) is 35.0 Å². The van der Waals surface area contributed by atoms with Crippen LogP contribution in [0.3, 0.4) is 0 Å². The Morgan fingerprint density at radius 1 is 1.32 bits per heavy atom. The third-order valence-corrected chi connectivity index (χ3v) is 3.32. The van der Waals surface area contributed by atoms with Crippen molar-refractivity contribution in [3.8, 4) is 17.2 Å². The maximum absolute atomic E-state index is 10.9. The summed E-state index contributed by atoms with van der Waals surface area (Å²) < 4.78 is 0. The van der Waals surface area contributed by atoms with Crippen molar-refractivity contribution in [2.24, 2.45) is 5.73 Å². The summed E-state index contributed by atoms with van der Waals surface area (Å²) in [5.74, 6) is -0.500. The third-order valence-electron chi connectivity index (χ3n) is 3.32. The summed E-state index contributed by atoms with van der Waals surface area (Å²) in [6.07, 6.45) is 6.48. The highest BCUT2D eigenvalue weighted by Gasteiger charge is 2.06. The molecule has 1 amide bonds. The van der Waals surface area contributed by atoms with E-state index in [0.29, 0.717) is 5.56 Å². The van der Waals surface area contributed by atoms with Crippen LogP contribution in [0.1, 0.15) is 11.1 Å². The fourth-order valence-corrected chi connectivity index (χ4v) is 2.26. The Bertz CT molecular complexity index is 931. The summed E-state index contributed by atoms with van der Waals surface area (Å²) in [6, 6.07) is 11.4. The number of carbonyl (C=O) groups is 1. The molecule has 0 bridgehead atoms. The summed E-state index contributed by atoms with van der Waals surface area (Å²) in [7, 11) is 0. The van der Waals surface area contributed by atoms with Crippen LogP contribution in [0.4, 0.5) is 0 Å². The molecule has 0 spiro atoms. The van der Waals surface area contributed by atoms with E-state index in [1.807, 2.05) is 24.3 Å². The molecule has 0 fully saturated rings. The predicted molar refractivity (Wildman–Crippen MR) is 84.5 cm³/mol. The number of amides is 1. The molecule has 5 nitrogen and oxygen atoms in total. The molecule has 3 N–H and O–H groups in total. The fraction of sp³-hybridized carbons (Fsp3) is 0. The molecule has 0 aliphatic carbocycles. The van der Waals surface area contributed by atoms with Crippen molar-refractivity contribution in [3.63, 3.8) is 0 Å². The molecule has 5 heteroatoms. The van der Waals surface area contributed by atoms with Gasteiger partial charge in [-0.25, -0.2) is 4.98 Å². The molecule has 3 aromatic rings. The summed E-state index contributed by atoms with van der Waals surface area (Å²) in [5, 5.41) is 9.88. The van der Waals surface area contributed by atoms with Gasteiger partial charge in [0.05, 0.1) is 11.6 Å². The van der Waals surface area contributed by atoms with Crippen LogP contribution in [0.5, 0.6) is 0 Å². The first-order valence-electron chi connectivity index (χ1n) is 6.62. The van der Waals surface area contributed by atoms with E-state index in [1.165, 1.54) is 6.08 Å². The minimum Gasteiger partial charge on any atom is -0.366 e. The zero-order valence-electron chi connectivity index (χ0n) is 11.6. The fourth-order valence-electron chi connectivity index (χ4n) is 2.26. The SMILES string of the molecule is N#Cc1cccc(-c2cnc3[nH]cc(/C=C/C(N)=O)c3c2)c1. The van der Waals surface area contributed by atoms with Gasteiger partial charge in [0.2, 0.25) is 5.91 Å². The lowest BCUT2D eigenvalue weighted by atomic mass is 10.0. The van der Waals surface area contributed by atoms with Gasteiger partial charge in [-0.05, 0) is 29.8 Å². The van der Waals surface area contributed by atoms with Gasteiger partial charge in [0.15, 0.2) is 0 Å². The number of rotatable bonds is 3. The Morgan fingerprint density at radius 2 is 2.18 bits per heavy atom. The molecule has 0 saturated heterocycles. The zero-order valence-corrected chi connectivity index (χ0v) is 11.6. The van der Waals surface area contributed by atoms with Crippen LogP contribution >= 0.6 is 0 Å². The van der Waals surface area contributed by atoms with Crippen LogP contribution in [-0.2, 0) is 4.79 Å². The number of nitrogens with two attached hydrogens (primary N) is 1.